The number of amides is 4. The Labute approximate surface area is 349 Å². The molecule has 6 aromatic rings. The van der Waals surface area contributed by atoms with Gasteiger partial charge in [-0.25, -0.2) is 9.97 Å². The van der Waals surface area contributed by atoms with E-state index in [4.69, 9.17) is 35.1 Å². The van der Waals surface area contributed by atoms with Crippen LogP contribution in [-0.2, 0) is 33.9 Å². The van der Waals surface area contributed by atoms with Crippen LogP contribution in [0.4, 0.5) is 11.9 Å². The number of nitrogens with one attached hydrogen (secondary N) is 2. The minimum atomic E-state index is -3.67. The molecular formula is C39H46N12O9S. The molecule has 0 spiro atoms. The van der Waals surface area contributed by atoms with Crippen molar-refractivity contribution in [2.75, 3.05) is 36.7 Å². The number of carbonyl (C=O) groups is 4. The Kier molecular flexibility index (Phi) is 11.8. The largest absolute Gasteiger partial charge is 0.491 e. The summed E-state index contributed by atoms with van der Waals surface area (Å²) in [6, 6.07) is 9.03. The molecule has 22 heteroatoms. The van der Waals surface area contributed by atoms with Gasteiger partial charge in [0.05, 0.1) is 47.9 Å². The Bertz CT molecular complexity index is 2820. The van der Waals surface area contributed by atoms with Gasteiger partial charge in [0.2, 0.25) is 23.7 Å². The van der Waals surface area contributed by atoms with E-state index in [1.807, 2.05) is 18.4 Å². The highest BCUT2D eigenvalue weighted by Crippen LogP contribution is 2.39. The van der Waals surface area contributed by atoms with Crippen LogP contribution in [-0.4, -0.2) is 96.8 Å². The van der Waals surface area contributed by atoms with Crippen LogP contribution in [0.5, 0.6) is 11.5 Å². The molecule has 4 amide bonds. The van der Waals surface area contributed by atoms with Crippen molar-refractivity contribution in [1.29, 1.82) is 0 Å². The first-order chi connectivity index (χ1) is 29.0. The number of aromatic nitrogens is 8. The van der Waals surface area contributed by atoms with Gasteiger partial charge in [-0.05, 0) is 76.9 Å². The molecule has 5 heterocycles. The Balaban J connectivity index is 1.24. The number of nitrogens with two attached hydrogens (primary N) is 2. The van der Waals surface area contributed by atoms with Crippen molar-refractivity contribution in [2.24, 2.45) is 11.5 Å². The molecule has 0 saturated carbocycles. The first-order valence-electron chi connectivity index (χ1n) is 19.6. The fourth-order valence-corrected chi connectivity index (χ4v) is 7.79. The van der Waals surface area contributed by atoms with Crippen LogP contribution in [0.2, 0.25) is 0 Å². The highest BCUT2D eigenvalue weighted by atomic mass is 32.2. The van der Waals surface area contributed by atoms with Crippen LogP contribution in [0.15, 0.2) is 36.4 Å². The van der Waals surface area contributed by atoms with Gasteiger partial charge in [-0.1, -0.05) is 0 Å². The predicted octanol–water partition coefficient (Wildman–Crippen LogP) is 3.30. The molecule has 61 heavy (non-hydrogen) atoms. The first kappa shape index (κ1) is 42.3. The zero-order chi connectivity index (χ0) is 43.7. The third-order valence-electron chi connectivity index (χ3n) is 10.0. The van der Waals surface area contributed by atoms with Crippen molar-refractivity contribution in [1.82, 2.24) is 38.7 Å². The average Bonchev–Trinajstić information content (AvgIpc) is 3.97. The Morgan fingerprint density at radius 3 is 1.97 bits per heavy atom. The summed E-state index contributed by atoms with van der Waals surface area (Å²) < 4.78 is 47.0. The van der Waals surface area contributed by atoms with Gasteiger partial charge in [-0.2, -0.15) is 18.6 Å². The second-order valence-corrected chi connectivity index (χ2v) is 16.2. The number of carbonyl (C=O) groups excluding carboxylic acids is 4. The van der Waals surface area contributed by atoms with E-state index in [0.29, 0.717) is 76.5 Å². The lowest BCUT2D eigenvalue weighted by Gasteiger charge is -2.27. The Morgan fingerprint density at radius 2 is 1.38 bits per heavy atom. The summed E-state index contributed by atoms with van der Waals surface area (Å²) in [6.45, 7) is 8.51. The van der Waals surface area contributed by atoms with Crippen LogP contribution in [0.1, 0.15) is 92.2 Å². The molecule has 0 fully saturated rings. The zero-order valence-corrected chi connectivity index (χ0v) is 35.0. The van der Waals surface area contributed by atoms with Gasteiger partial charge in [0.1, 0.15) is 40.5 Å². The molecule has 0 aliphatic carbocycles. The second kappa shape index (κ2) is 17.0. The van der Waals surface area contributed by atoms with E-state index < -0.39 is 33.7 Å². The van der Waals surface area contributed by atoms with Crippen LogP contribution >= 0.6 is 0 Å². The lowest BCUT2D eigenvalue weighted by molar-refractivity contribution is 0.0991. The second-order valence-electron chi connectivity index (χ2n) is 14.5. The maximum absolute atomic E-state index is 13.8. The Hall–Kier alpha value is -6.81. The third kappa shape index (κ3) is 8.89. The molecule has 1 atom stereocenters. The van der Waals surface area contributed by atoms with E-state index in [-0.39, 0.29) is 67.6 Å². The number of imidazole rings is 2. The molecule has 0 saturated heterocycles. The maximum atomic E-state index is 13.8. The van der Waals surface area contributed by atoms with Crippen LogP contribution in [0.3, 0.4) is 0 Å². The predicted molar refractivity (Wildman–Crippen MR) is 222 cm³/mol. The number of anilines is 2. The van der Waals surface area contributed by atoms with Crippen molar-refractivity contribution in [3.63, 3.8) is 0 Å². The van der Waals surface area contributed by atoms with Crippen molar-refractivity contribution >= 4 is 67.7 Å². The van der Waals surface area contributed by atoms with Crippen LogP contribution in [0, 0.1) is 13.8 Å². The molecule has 7 rings (SSSR count). The monoisotopic (exact) mass is 858 g/mol. The Morgan fingerprint density at radius 1 is 0.803 bits per heavy atom. The van der Waals surface area contributed by atoms with Gasteiger partial charge in [-0.3, -0.25) is 43.4 Å². The standard InChI is InChI=1S/C39H46N12O9S/c1-6-49-28(14-21(3)46-49)36(54)44-38-42-26-16-23(34(40)52)18-30(58-12-9-13-60-61(5,56)57)32(26)48(38)11-8-10-25-20-59-31-19-24(35(41)53)17-27-33(31)51(25)39(43-27)45-37(55)29-15-22(4)47-50(29)7-2/h14-19,25H,6-13,20H2,1-5H3,(H2,40,52)(H2,41,53)(H,42,44,54)(H,43,45,55)/t25-/m0/s1. The number of nitrogens with zero attached hydrogens (tertiary/aromatic N) is 8. The highest BCUT2D eigenvalue weighted by Gasteiger charge is 2.30. The van der Waals surface area contributed by atoms with Crippen molar-refractivity contribution in [3.05, 3.63) is 70.3 Å². The van der Waals surface area contributed by atoms with Crippen molar-refractivity contribution < 1.29 is 41.3 Å². The summed E-state index contributed by atoms with van der Waals surface area (Å²) in [7, 11) is -3.67. The van der Waals surface area contributed by atoms with Gasteiger partial charge in [0.25, 0.3) is 21.9 Å². The first-order valence-corrected chi connectivity index (χ1v) is 21.4. The van der Waals surface area contributed by atoms with Gasteiger partial charge in [0, 0.05) is 37.2 Å². The van der Waals surface area contributed by atoms with E-state index >= 15 is 0 Å². The van der Waals surface area contributed by atoms with Crippen molar-refractivity contribution in [2.45, 2.75) is 72.6 Å². The average molecular weight is 859 g/mol. The van der Waals surface area contributed by atoms with Gasteiger partial charge >= 0.3 is 0 Å². The normalized spacial score (nSPS) is 13.7. The molecular weight excluding hydrogens is 813 g/mol. The van der Waals surface area contributed by atoms with E-state index in [2.05, 4.69) is 20.8 Å². The molecule has 1 aliphatic heterocycles. The van der Waals surface area contributed by atoms with Gasteiger partial charge in [-0.15, -0.1) is 0 Å². The molecule has 2 aromatic carbocycles. The molecule has 322 valence electrons. The molecule has 6 N–H and O–H groups in total. The molecule has 4 aromatic heterocycles. The van der Waals surface area contributed by atoms with E-state index in [9.17, 15) is 27.6 Å². The number of ether oxygens (including phenoxy) is 2. The number of aryl methyl sites for hydroxylation is 5. The van der Waals surface area contributed by atoms with Crippen molar-refractivity contribution in [3.8, 4) is 11.5 Å². The smallest absolute Gasteiger partial charge is 0.276 e. The van der Waals surface area contributed by atoms with Crippen LogP contribution in [0.25, 0.3) is 22.1 Å². The summed E-state index contributed by atoms with van der Waals surface area (Å²) in [5, 5.41) is 14.7. The lowest BCUT2D eigenvalue weighted by Crippen LogP contribution is -2.26. The minimum absolute atomic E-state index is 0.00863. The number of primary amides is 2. The zero-order valence-electron chi connectivity index (χ0n) is 34.2. The van der Waals surface area contributed by atoms with E-state index in [1.54, 1.807) is 52.0 Å². The molecule has 0 bridgehead atoms. The summed E-state index contributed by atoms with van der Waals surface area (Å²) >= 11 is 0. The molecule has 1 aliphatic rings. The fourth-order valence-electron chi connectivity index (χ4n) is 7.36. The minimum Gasteiger partial charge on any atom is -0.491 e. The van der Waals surface area contributed by atoms with Gasteiger partial charge < -0.3 is 30.1 Å². The fraction of sp³-hybridized carbons (Fsp3) is 0.385. The van der Waals surface area contributed by atoms with E-state index in [1.165, 1.54) is 12.1 Å². The van der Waals surface area contributed by atoms with Gasteiger partial charge in [0.15, 0.2) is 0 Å². The molecule has 0 unspecified atom stereocenters. The summed E-state index contributed by atoms with van der Waals surface area (Å²) in [5.74, 6) is -1.31. The molecule has 21 nitrogen and oxygen atoms in total. The SMILES string of the molecule is CCn1nc(C)cc1C(=O)Nc1nc2cc(C(N)=O)cc(OCCCOS(C)(=O)=O)c2n1CCC[C@H]1COc2cc(C(N)=O)cc3nc(NC(=O)c4cc(C)nn4CC)n1c23. The third-order valence-corrected chi connectivity index (χ3v) is 10.6. The summed E-state index contributed by atoms with van der Waals surface area (Å²) in [5.41, 5.74) is 15.3. The maximum Gasteiger partial charge on any atom is 0.276 e. The van der Waals surface area contributed by atoms with Crippen LogP contribution < -0.4 is 31.6 Å². The molecule has 0 radical (unpaired) electrons. The topological polar surface area (TPSA) is 277 Å². The summed E-state index contributed by atoms with van der Waals surface area (Å²) in [6.07, 6.45) is 2.03. The van der Waals surface area contributed by atoms with E-state index in [0.717, 1.165) is 6.26 Å². The number of rotatable bonds is 18. The number of fused-ring (bicyclic) bond motifs is 1. The quantitative estimate of drug-likeness (QED) is 0.0714. The number of benzene rings is 2. The summed E-state index contributed by atoms with van der Waals surface area (Å²) in [4.78, 5) is 61.6. The lowest BCUT2D eigenvalue weighted by atomic mass is 10.1. The highest BCUT2D eigenvalue weighted by molar-refractivity contribution is 7.85. The number of hydrogen-bond acceptors (Lipinski definition) is 13. The number of hydrogen-bond donors (Lipinski definition) is 4.